The van der Waals surface area contributed by atoms with Gasteiger partial charge < -0.3 is 10.4 Å². The molecule has 0 atom stereocenters. The van der Waals surface area contributed by atoms with Crippen LogP contribution in [0.25, 0.3) is 5.57 Å². The van der Waals surface area contributed by atoms with E-state index >= 15 is 0 Å². The van der Waals surface area contributed by atoms with E-state index in [9.17, 15) is 4.79 Å². The number of dihydropyridines is 1. The molecule has 2 N–H and O–H groups in total. The van der Waals surface area contributed by atoms with Crippen LogP contribution in [-0.4, -0.2) is 22.6 Å². The van der Waals surface area contributed by atoms with Crippen molar-refractivity contribution in [3.8, 4) is 0 Å². The van der Waals surface area contributed by atoms with Gasteiger partial charge >= 0.3 is 5.97 Å². The molecule has 1 aromatic heterocycles. The van der Waals surface area contributed by atoms with Gasteiger partial charge in [0.1, 0.15) is 0 Å². The number of nitrogens with zero attached hydrogens (tertiary/aromatic N) is 1. The summed E-state index contributed by atoms with van der Waals surface area (Å²) in [6.07, 6.45) is 6.52. The fourth-order valence-electron chi connectivity index (χ4n) is 1.51. The molecule has 1 aliphatic heterocycles. The Morgan fingerprint density at radius 2 is 2.13 bits per heavy atom. The van der Waals surface area contributed by atoms with E-state index in [0.717, 1.165) is 11.1 Å². The summed E-state index contributed by atoms with van der Waals surface area (Å²) in [5.41, 5.74) is 2.01. The van der Waals surface area contributed by atoms with E-state index in [2.05, 4.69) is 10.3 Å². The molecule has 76 valence electrons. The molecule has 1 aliphatic rings. The number of hydrogen-bond donors (Lipinski definition) is 2. The van der Waals surface area contributed by atoms with Crippen LogP contribution in [0.3, 0.4) is 0 Å². The molecular formula is C11H10N2O2. The van der Waals surface area contributed by atoms with Crippen molar-refractivity contribution in [2.45, 2.75) is 0 Å². The predicted molar refractivity (Wildman–Crippen MR) is 55.9 cm³/mol. The summed E-state index contributed by atoms with van der Waals surface area (Å²) in [6, 6.07) is 3.61. The van der Waals surface area contributed by atoms with Crippen molar-refractivity contribution in [3.05, 3.63) is 47.9 Å². The van der Waals surface area contributed by atoms with E-state index in [0.29, 0.717) is 12.1 Å². The number of aromatic nitrogens is 1. The Bertz CT molecular complexity index is 435. The van der Waals surface area contributed by atoms with Crippen molar-refractivity contribution >= 4 is 11.5 Å². The molecule has 0 unspecified atom stereocenters. The van der Waals surface area contributed by atoms with Crippen molar-refractivity contribution < 1.29 is 9.90 Å². The summed E-state index contributed by atoms with van der Waals surface area (Å²) in [5.74, 6) is -0.903. The van der Waals surface area contributed by atoms with Crippen LogP contribution in [0.15, 0.2) is 42.4 Å². The monoisotopic (exact) mass is 202 g/mol. The Labute approximate surface area is 87.0 Å². The van der Waals surface area contributed by atoms with Gasteiger partial charge in [0.25, 0.3) is 0 Å². The minimum Gasteiger partial charge on any atom is -0.478 e. The van der Waals surface area contributed by atoms with Crippen molar-refractivity contribution in [2.75, 3.05) is 6.54 Å². The molecular weight excluding hydrogens is 192 g/mol. The lowest BCUT2D eigenvalue weighted by Gasteiger charge is -2.14. The van der Waals surface area contributed by atoms with Gasteiger partial charge in [-0.15, -0.1) is 0 Å². The van der Waals surface area contributed by atoms with Crippen LogP contribution in [0.1, 0.15) is 5.56 Å². The Morgan fingerprint density at radius 3 is 2.80 bits per heavy atom. The molecule has 4 heteroatoms. The van der Waals surface area contributed by atoms with Gasteiger partial charge in [0.2, 0.25) is 0 Å². The van der Waals surface area contributed by atoms with Crippen LogP contribution >= 0.6 is 0 Å². The number of hydrogen-bond acceptors (Lipinski definition) is 3. The van der Waals surface area contributed by atoms with Gasteiger partial charge in [-0.05, 0) is 35.5 Å². The largest absolute Gasteiger partial charge is 0.478 e. The highest BCUT2D eigenvalue weighted by Crippen LogP contribution is 2.20. The average molecular weight is 202 g/mol. The lowest BCUT2D eigenvalue weighted by atomic mass is 9.99. The van der Waals surface area contributed by atoms with Gasteiger partial charge in [-0.3, -0.25) is 4.98 Å². The van der Waals surface area contributed by atoms with Crippen LogP contribution in [-0.2, 0) is 4.79 Å². The number of nitrogens with one attached hydrogen (secondary N) is 1. The number of carboxylic acid groups (broad SMARTS) is 1. The predicted octanol–water partition coefficient (Wildman–Crippen LogP) is 1.04. The fraction of sp³-hybridized carbons (Fsp3) is 0.0909. The van der Waals surface area contributed by atoms with Gasteiger partial charge in [-0.25, -0.2) is 4.79 Å². The maximum absolute atomic E-state index is 11.0. The van der Waals surface area contributed by atoms with Crippen LogP contribution < -0.4 is 5.32 Å². The second-order valence-corrected chi connectivity index (χ2v) is 3.15. The molecule has 0 radical (unpaired) electrons. The molecule has 15 heavy (non-hydrogen) atoms. The Balaban J connectivity index is 2.49. The minimum absolute atomic E-state index is 0.333. The third-order valence-electron chi connectivity index (χ3n) is 2.23. The first-order valence-electron chi connectivity index (χ1n) is 4.56. The van der Waals surface area contributed by atoms with Crippen LogP contribution in [0, 0.1) is 0 Å². The number of carboxylic acids is 1. The van der Waals surface area contributed by atoms with Gasteiger partial charge in [0.15, 0.2) is 0 Å². The van der Waals surface area contributed by atoms with E-state index in [1.54, 1.807) is 36.8 Å². The Hall–Kier alpha value is -2.10. The zero-order valence-electron chi connectivity index (χ0n) is 7.97. The number of aliphatic carboxylic acids is 1. The number of pyridine rings is 1. The summed E-state index contributed by atoms with van der Waals surface area (Å²) in [7, 11) is 0. The zero-order chi connectivity index (χ0) is 10.7. The van der Waals surface area contributed by atoms with Crippen LogP contribution in [0.5, 0.6) is 0 Å². The fourth-order valence-corrected chi connectivity index (χ4v) is 1.51. The van der Waals surface area contributed by atoms with Crippen molar-refractivity contribution in [3.63, 3.8) is 0 Å². The third kappa shape index (κ3) is 1.88. The van der Waals surface area contributed by atoms with E-state index in [-0.39, 0.29) is 0 Å². The summed E-state index contributed by atoms with van der Waals surface area (Å²) < 4.78 is 0. The SMILES string of the molecule is O=C(O)C1=C(c2ccncc2)CNC=C1. The molecule has 0 spiro atoms. The highest BCUT2D eigenvalue weighted by atomic mass is 16.4. The van der Waals surface area contributed by atoms with Crippen LogP contribution in [0.4, 0.5) is 0 Å². The second-order valence-electron chi connectivity index (χ2n) is 3.15. The number of carbonyl (C=O) groups is 1. The molecule has 0 amide bonds. The van der Waals surface area contributed by atoms with Gasteiger partial charge in [0.05, 0.1) is 5.57 Å². The molecule has 0 aromatic carbocycles. The molecule has 0 aliphatic carbocycles. The molecule has 4 nitrogen and oxygen atoms in total. The van der Waals surface area contributed by atoms with Crippen LogP contribution in [0.2, 0.25) is 0 Å². The van der Waals surface area contributed by atoms with E-state index < -0.39 is 5.97 Å². The molecule has 0 bridgehead atoms. The average Bonchev–Trinajstić information content (AvgIpc) is 2.30. The lowest BCUT2D eigenvalue weighted by molar-refractivity contribution is -0.132. The quantitative estimate of drug-likeness (QED) is 0.752. The van der Waals surface area contributed by atoms with E-state index in [1.807, 2.05) is 0 Å². The van der Waals surface area contributed by atoms with Gasteiger partial charge in [0, 0.05) is 18.9 Å². The Kier molecular flexibility index (Phi) is 2.49. The summed E-state index contributed by atoms with van der Waals surface area (Å²) in [6.45, 7) is 0.530. The molecule has 1 aromatic rings. The third-order valence-corrected chi connectivity index (χ3v) is 2.23. The molecule has 0 saturated carbocycles. The lowest BCUT2D eigenvalue weighted by Crippen LogP contribution is -2.18. The highest BCUT2D eigenvalue weighted by Gasteiger charge is 2.15. The normalized spacial score (nSPS) is 14.9. The second kappa shape index (κ2) is 3.96. The summed E-state index contributed by atoms with van der Waals surface area (Å²) >= 11 is 0. The maximum Gasteiger partial charge on any atom is 0.336 e. The van der Waals surface area contributed by atoms with E-state index in [4.69, 9.17) is 5.11 Å². The molecule has 0 saturated heterocycles. The zero-order valence-corrected chi connectivity index (χ0v) is 7.97. The van der Waals surface area contributed by atoms with E-state index in [1.165, 1.54) is 0 Å². The molecule has 2 rings (SSSR count). The molecule has 2 heterocycles. The van der Waals surface area contributed by atoms with Crippen molar-refractivity contribution in [1.82, 2.24) is 10.3 Å². The maximum atomic E-state index is 11.0. The first-order chi connectivity index (χ1) is 7.29. The first-order valence-corrected chi connectivity index (χ1v) is 4.56. The van der Waals surface area contributed by atoms with Crippen molar-refractivity contribution in [1.29, 1.82) is 0 Å². The topological polar surface area (TPSA) is 62.2 Å². The minimum atomic E-state index is -0.903. The van der Waals surface area contributed by atoms with Gasteiger partial charge in [-0.2, -0.15) is 0 Å². The van der Waals surface area contributed by atoms with Gasteiger partial charge in [-0.1, -0.05) is 0 Å². The van der Waals surface area contributed by atoms with Crippen molar-refractivity contribution in [2.24, 2.45) is 0 Å². The smallest absolute Gasteiger partial charge is 0.336 e. The summed E-state index contributed by atoms with van der Waals surface area (Å²) in [4.78, 5) is 14.9. The standard InChI is InChI=1S/C11H10N2O2/c14-11(15)9-3-6-13-7-10(9)8-1-4-12-5-2-8/h1-6,13H,7H2,(H,14,15). The first kappa shape index (κ1) is 9.45. The highest BCUT2D eigenvalue weighted by molar-refractivity contribution is 6.00. The number of rotatable bonds is 2. The Morgan fingerprint density at radius 1 is 1.40 bits per heavy atom. The summed E-state index contributed by atoms with van der Waals surface area (Å²) in [5, 5.41) is 12.0. The molecule has 0 fully saturated rings.